The number of ether oxygens (including phenoxy) is 1. The van der Waals surface area contributed by atoms with E-state index in [2.05, 4.69) is 32.7 Å². The second kappa shape index (κ2) is 12.3. The van der Waals surface area contributed by atoms with Crippen LogP contribution in [0.15, 0.2) is 52.1 Å². The van der Waals surface area contributed by atoms with E-state index in [0.29, 0.717) is 11.7 Å². The molecule has 3 N–H and O–H groups in total. The van der Waals surface area contributed by atoms with Gasteiger partial charge in [0, 0.05) is 13.1 Å². The number of furan rings is 1. The molecule has 2 unspecified atom stereocenters. The van der Waals surface area contributed by atoms with Crippen LogP contribution in [0.4, 0.5) is 0 Å². The van der Waals surface area contributed by atoms with Gasteiger partial charge in [0.05, 0.1) is 26.0 Å². The Hall–Kier alpha value is -1.78. The molecule has 8 heteroatoms. The Kier molecular flexibility index (Phi) is 10.1. The number of rotatable bonds is 9. The molecule has 1 saturated heterocycles. The number of likely N-dealkylation sites (tertiary alicyclic amines) is 1. The highest BCUT2D eigenvalue weighted by Crippen LogP contribution is 2.26. The van der Waals surface area contributed by atoms with E-state index in [9.17, 15) is 5.11 Å². The Morgan fingerprint density at radius 3 is 2.52 bits per heavy atom. The van der Waals surface area contributed by atoms with Crippen molar-refractivity contribution < 1.29 is 14.3 Å². The number of methoxy groups -OCH3 is 1. The molecule has 3 rings (SSSR count). The van der Waals surface area contributed by atoms with Crippen LogP contribution >= 0.6 is 24.0 Å². The maximum absolute atomic E-state index is 10.7. The van der Waals surface area contributed by atoms with Crippen LogP contribution in [-0.2, 0) is 5.60 Å². The minimum Gasteiger partial charge on any atom is -0.497 e. The predicted molar refractivity (Wildman–Crippen MR) is 134 cm³/mol. The van der Waals surface area contributed by atoms with E-state index < -0.39 is 5.60 Å². The van der Waals surface area contributed by atoms with Gasteiger partial charge < -0.3 is 24.9 Å². The van der Waals surface area contributed by atoms with Gasteiger partial charge in [-0.3, -0.25) is 4.90 Å². The first kappa shape index (κ1) is 25.5. The van der Waals surface area contributed by atoms with Crippen LogP contribution < -0.4 is 15.4 Å². The second-order valence-electron chi connectivity index (χ2n) is 7.86. The number of guanidine groups is 1. The molecule has 1 aliphatic heterocycles. The number of aliphatic imine (C=N–C) groups is 1. The molecule has 2 heterocycles. The third kappa shape index (κ3) is 7.11. The van der Waals surface area contributed by atoms with E-state index in [4.69, 9.17) is 9.15 Å². The van der Waals surface area contributed by atoms with Crippen molar-refractivity contribution in [3.05, 3.63) is 54.0 Å². The lowest BCUT2D eigenvalue weighted by molar-refractivity contribution is 0.0437. The molecular weight excluding hydrogens is 507 g/mol. The monoisotopic (exact) mass is 542 g/mol. The van der Waals surface area contributed by atoms with Gasteiger partial charge in [0.25, 0.3) is 0 Å². The molecule has 0 saturated carbocycles. The van der Waals surface area contributed by atoms with Crippen LogP contribution in [0, 0.1) is 0 Å². The highest BCUT2D eigenvalue weighted by molar-refractivity contribution is 14.0. The van der Waals surface area contributed by atoms with Crippen molar-refractivity contribution in [3.8, 4) is 5.75 Å². The average molecular weight is 542 g/mol. The molecule has 2 aromatic rings. The summed E-state index contributed by atoms with van der Waals surface area (Å²) in [6, 6.07) is 12.1. The molecule has 1 aliphatic rings. The fraction of sp³-hybridized carbons (Fsp3) is 0.522. The summed E-state index contributed by atoms with van der Waals surface area (Å²) in [5, 5.41) is 17.4. The first-order chi connectivity index (χ1) is 14.5. The van der Waals surface area contributed by atoms with Gasteiger partial charge in [0.2, 0.25) is 0 Å². The number of hydrogen-bond donors (Lipinski definition) is 3. The Labute approximate surface area is 202 Å². The van der Waals surface area contributed by atoms with Gasteiger partial charge in [-0.25, -0.2) is 4.99 Å². The van der Waals surface area contributed by atoms with Crippen molar-refractivity contribution in [2.75, 3.05) is 39.8 Å². The molecule has 0 spiro atoms. The van der Waals surface area contributed by atoms with Crippen molar-refractivity contribution in [1.82, 2.24) is 15.5 Å². The van der Waals surface area contributed by atoms with Gasteiger partial charge >= 0.3 is 0 Å². The summed E-state index contributed by atoms with van der Waals surface area (Å²) in [6.45, 7) is 7.60. The van der Waals surface area contributed by atoms with Crippen LogP contribution in [0.1, 0.15) is 44.1 Å². The Bertz CT molecular complexity index is 788. The van der Waals surface area contributed by atoms with Gasteiger partial charge in [-0.05, 0) is 69.6 Å². The fourth-order valence-electron chi connectivity index (χ4n) is 3.77. The lowest BCUT2D eigenvalue weighted by Gasteiger charge is -2.29. The summed E-state index contributed by atoms with van der Waals surface area (Å²) in [4.78, 5) is 7.12. The molecule has 2 atom stereocenters. The molecule has 7 nitrogen and oxygen atoms in total. The summed E-state index contributed by atoms with van der Waals surface area (Å²) < 4.78 is 10.7. The van der Waals surface area contributed by atoms with Gasteiger partial charge in [0.15, 0.2) is 5.96 Å². The van der Waals surface area contributed by atoms with Gasteiger partial charge in [-0.15, -0.1) is 24.0 Å². The van der Waals surface area contributed by atoms with E-state index in [1.165, 1.54) is 18.4 Å². The first-order valence-corrected chi connectivity index (χ1v) is 10.7. The number of hydrogen-bond acceptors (Lipinski definition) is 5. The van der Waals surface area contributed by atoms with E-state index in [0.717, 1.165) is 31.9 Å². The van der Waals surface area contributed by atoms with E-state index >= 15 is 0 Å². The minimum atomic E-state index is -1.16. The van der Waals surface area contributed by atoms with Crippen LogP contribution in [0.5, 0.6) is 5.75 Å². The molecule has 0 amide bonds. The number of benzene rings is 1. The maximum Gasteiger partial charge on any atom is 0.191 e. The predicted octanol–water partition coefficient (Wildman–Crippen LogP) is 3.51. The van der Waals surface area contributed by atoms with Crippen LogP contribution in [0.2, 0.25) is 0 Å². The topological polar surface area (TPSA) is 82.3 Å². The second-order valence-corrected chi connectivity index (χ2v) is 7.86. The van der Waals surface area contributed by atoms with E-state index in [1.54, 1.807) is 32.4 Å². The zero-order valence-electron chi connectivity index (χ0n) is 18.6. The van der Waals surface area contributed by atoms with Gasteiger partial charge in [-0.2, -0.15) is 0 Å². The largest absolute Gasteiger partial charge is 0.497 e. The quantitative estimate of drug-likeness (QED) is 0.256. The van der Waals surface area contributed by atoms with Gasteiger partial charge in [0.1, 0.15) is 17.1 Å². The smallest absolute Gasteiger partial charge is 0.191 e. The third-order valence-electron chi connectivity index (χ3n) is 5.49. The summed E-state index contributed by atoms with van der Waals surface area (Å²) >= 11 is 0. The molecule has 31 heavy (non-hydrogen) atoms. The maximum atomic E-state index is 10.7. The Morgan fingerprint density at radius 1 is 1.23 bits per heavy atom. The molecule has 1 aromatic carbocycles. The number of nitrogens with one attached hydrogen (secondary N) is 2. The number of halogens is 1. The molecule has 0 radical (unpaired) electrons. The molecule has 172 valence electrons. The van der Waals surface area contributed by atoms with Crippen molar-refractivity contribution in [2.24, 2.45) is 4.99 Å². The number of nitrogens with zero attached hydrogens (tertiary/aromatic N) is 2. The molecule has 0 aliphatic carbocycles. The van der Waals surface area contributed by atoms with Crippen molar-refractivity contribution in [3.63, 3.8) is 0 Å². The van der Waals surface area contributed by atoms with Gasteiger partial charge in [-0.1, -0.05) is 12.1 Å². The zero-order valence-corrected chi connectivity index (χ0v) is 21.0. The highest BCUT2D eigenvalue weighted by Gasteiger charge is 2.27. The van der Waals surface area contributed by atoms with E-state index in [1.807, 2.05) is 19.1 Å². The summed E-state index contributed by atoms with van der Waals surface area (Å²) in [5.41, 5.74) is 0.0968. The Balaban J connectivity index is 0.00000341. The van der Waals surface area contributed by atoms with Crippen LogP contribution in [0.3, 0.4) is 0 Å². The summed E-state index contributed by atoms with van der Waals surface area (Å²) in [7, 11) is 1.69. The van der Waals surface area contributed by atoms with E-state index in [-0.39, 0.29) is 36.6 Å². The third-order valence-corrected chi connectivity index (χ3v) is 5.49. The van der Waals surface area contributed by atoms with Crippen molar-refractivity contribution in [2.45, 2.75) is 38.3 Å². The lowest BCUT2D eigenvalue weighted by atomic mass is 10.0. The zero-order chi connectivity index (χ0) is 21.4. The SMILES string of the molecule is CCNC(=NCC(C)(O)c1ccco1)NCC(c1ccc(OC)cc1)N1CCCC1.I. The average Bonchev–Trinajstić information content (AvgIpc) is 3.47. The fourth-order valence-corrected chi connectivity index (χ4v) is 3.77. The van der Waals surface area contributed by atoms with Crippen molar-refractivity contribution >= 4 is 29.9 Å². The normalized spacial score (nSPS) is 17.5. The standard InChI is InChI=1S/C23H34N4O3.HI/c1-4-24-22(26-17-23(2,28)21-8-7-15-30-21)25-16-20(27-13-5-6-14-27)18-9-11-19(29-3)12-10-18;/h7-12,15,20,28H,4-6,13-14,16-17H2,1-3H3,(H2,24,25,26);1H. The van der Waals surface area contributed by atoms with Crippen LogP contribution in [0.25, 0.3) is 0 Å². The van der Waals surface area contributed by atoms with Crippen LogP contribution in [-0.4, -0.2) is 55.8 Å². The molecule has 1 fully saturated rings. The summed E-state index contributed by atoms with van der Waals surface area (Å²) in [6.07, 6.45) is 4.02. The Morgan fingerprint density at radius 2 is 1.94 bits per heavy atom. The van der Waals surface area contributed by atoms with Crippen molar-refractivity contribution in [1.29, 1.82) is 0 Å². The highest BCUT2D eigenvalue weighted by atomic mass is 127. The molecule has 0 bridgehead atoms. The minimum absolute atomic E-state index is 0. The number of aliphatic hydroxyl groups is 1. The molecular formula is C23H35IN4O3. The lowest BCUT2D eigenvalue weighted by Crippen LogP contribution is -2.43. The summed E-state index contributed by atoms with van der Waals surface area (Å²) in [5.74, 6) is 2.05. The molecule has 1 aromatic heterocycles. The first-order valence-electron chi connectivity index (χ1n) is 10.7.